The first-order valence-corrected chi connectivity index (χ1v) is 6.53. The van der Waals surface area contributed by atoms with Crippen LogP contribution in [0.1, 0.15) is 19.3 Å². The van der Waals surface area contributed by atoms with Crippen LogP contribution in [0.3, 0.4) is 0 Å². The Hall–Kier alpha value is -1.62. The average molecular weight is 262 g/mol. The van der Waals surface area contributed by atoms with Crippen LogP contribution in [0.5, 0.6) is 5.75 Å². The van der Waals surface area contributed by atoms with Crippen LogP contribution in [0.2, 0.25) is 0 Å². The molecule has 1 unspecified atom stereocenters. The van der Waals surface area contributed by atoms with Gasteiger partial charge in [0, 0.05) is 6.54 Å². The van der Waals surface area contributed by atoms with Crippen LogP contribution >= 0.6 is 12.2 Å². The van der Waals surface area contributed by atoms with Crippen molar-refractivity contribution in [1.29, 1.82) is 0 Å². The molecule has 0 bridgehead atoms. The number of amides is 1. The molecule has 0 aliphatic carbocycles. The Balaban J connectivity index is 2.00. The van der Waals surface area contributed by atoms with Gasteiger partial charge in [-0.15, -0.1) is 0 Å². The molecule has 1 aromatic carbocycles. The Bertz CT molecular complexity index is 493. The fraction of sp³-hybridized carbons (Fsp3) is 0.385. The van der Waals surface area contributed by atoms with Crippen LogP contribution in [0.25, 0.3) is 0 Å². The summed E-state index contributed by atoms with van der Waals surface area (Å²) in [7, 11) is 0. The van der Waals surface area contributed by atoms with Crippen LogP contribution in [0, 0.1) is 0 Å². The number of hydrogen-bond donors (Lipinski definition) is 1. The Labute approximate surface area is 111 Å². The maximum atomic E-state index is 12.4. The van der Waals surface area contributed by atoms with Crippen LogP contribution in [-0.4, -0.2) is 33.6 Å². The van der Waals surface area contributed by atoms with Gasteiger partial charge in [-0.05, 0) is 43.6 Å². The quantitative estimate of drug-likeness (QED) is 0.785. The van der Waals surface area contributed by atoms with Crippen LogP contribution in [-0.2, 0) is 4.79 Å². The van der Waals surface area contributed by atoms with Gasteiger partial charge in [-0.1, -0.05) is 12.1 Å². The van der Waals surface area contributed by atoms with Crippen LogP contribution in [0.4, 0.5) is 5.69 Å². The molecule has 94 valence electrons. The largest absolute Gasteiger partial charge is 0.506 e. The van der Waals surface area contributed by atoms with E-state index in [4.69, 9.17) is 12.2 Å². The van der Waals surface area contributed by atoms with Crippen molar-refractivity contribution < 1.29 is 9.90 Å². The van der Waals surface area contributed by atoms with Crippen molar-refractivity contribution in [3.63, 3.8) is 0 Å². The molecule has 1 aromatic rings. The predicted molar refractivity (Wildman–Crippen MR) is 72.5 cm³/mol. The number of nitrogens with zero attached hydrogens (tertiary/aromatic N) is 2. The van der Waals surface area contributed by atoms with Gasteiger partial charge in [-0.25, -0.2) is 0 Å². The smallest absolute Gasteiger partial charge is 0.256 e. The molecule has 0 aromatic heterocycles. The van der Waals surface area contributed by atoms with E-state index in [-0.39, 0.29) is 17.7 Å². The van der Waals surface area contributed by atoms with Crippen LogP contribution in [0.15, 0.2) is 24.3 Å². The lowest BCUT2D eigenvalue weighted by Gasteiger charge is -2.27. The number of hydrogen-bond acceptors (Lipinski definition) is 3. The SMILES string of the molecule is O=C1C2CCCCN2C(=S)N1c1ccccc1O. The maximum absolute atomic E-state index is 12.4. The van der Waals surface area contributed by atoms with Crippen LogP contribution < -0.4 is 4.90 Å². The number of para-hydroxylation sites is 2. The second-order valence-corrected chi connectivity index (χ2v) is 5.02. The first-order chi connectivity index (χ1) is 8.70. The van der Waals surface area contributed by atoms with E-state index in [0.717, 1.165) is 25.8 Å². The lowest BCUT2D eigenvalue weighted by Crippen LogP contribution is -2.38. The van der Waals surface area contributed by atoms with Crippen molar-refractivity contribution >= 4 is 28.9 Å². The maximum Gasteiger partial charge on any atom is 0.256 e. The highest BCUT2D eigenvalue weighted by Gasteiger charge is 2.44. The van der Waals surface area contributed by atoms with Gasteiger partial charge in [0.1, 0.15) is 11.8 Å². The van der Waals surface area contributed by atoms with Gasteiger partial charge in [-0.3, -0.25) is 9.69 Å². The fourth-order valence-electron chi connectivity index (χ4n) is 2.66. The number of aromatic hydroxyl groups is 1. The average Bonchev–Trinajstić information content (AvgIpc) is 2.64. The highest BCUT2D eigenvalue weighted by Crippen LogP contribution is 2.34. The molecule has 1 atom stereocenters. The van der Waals surface area contributed by atoms with E-state index >= 15 is 0 Å². The molecule has 1 amide bonds. The summed E-state index contributed by atoms with van der Waals surface area (Å²) < 4.78 is 0. The Morgan fingerprint density at radius 2 is 2.06 bits per heavy atom. The van der Waals surface area contributed by atoms with Gasteiger partial charge in [0.2, 0.25) is 0 Å². The topological polar surface area (TPSA) is 43.8 Å². The number of carbonyl (C=O) groups excluding carboxylic acids is 1. The third-order valence-corrected chi connectivity index (χ3v) is 3.98. The Kier molecular flexibility index (Phi) is 2.70. The Morgan fingerprint density at radius 3 is 2.78 bits per heavy atom. The molecule has 4 nitrogen and oxygen atoms in total. The van der Waals surface area contributed by atoms with Gasteiger partial charge < -0.3 is 10.0 Å². The zero-order valence-corrected chi connectivity index (χ0v) is 10.7. The summed E-state index contributed by atoms with van der Waals surface area (Å²) in [6.07, 6.45) is 2.98. The summed E-state index contributed by atoms with van der Waals surface area (Å²) in [4.78, 5) is 15.8. The second kappa shape index (κ2) is 4.24. The second-order valence-electron chi connectivity index (χ2n) is 4.65. The number of fused-ring (bicyclic) bond motifs is 1. The predicted octanol–water partition coefficient (Wildman–Crippen LogP) is 1.88. The minimum absolute atomic E-state index is 0.0128. The minimum Gasteiger partial charge on any atom is -0.506 e. The van der Waals surface area contributed by atoms with Gasteiger partial charge in [0.25, 0.3) is 5.91 Å². The molecular weight excluding hydrogens is 248 g/mol. The highest BCUT2D eigenvalue weighted by molar-refractivity contribution is 7.80. The van der Waals surface area contributed by atoms with Gasteiger partial charge in [0.15, 0.2) is 5.11 Å². The monoisotopic (exact) mass is 262 g/mol. The summed E-state index contributed by atoms with van der Waals surface area (Å²) in [5.41, 5.74) is 0.488. The molecular formula is C13H14N2O2S. The molecule has 0 saturated carbocycles. The van der Waals surface area contributed by atoms with E-state index < -0.39 is 0 Å². The van der Waals surface area contributed by atoms with Crippen molar-refractivity contribution in [3.05, 3.63) is 24.3 Å². The molecule has 2 heterocycles. The van der Waals surface area contributed by atoms with E-state index in [2.05, 4.69) is 0 Å². The van der Waals surface area contributed by atoms with E-state index in [1.807, 2.05) is 4.90 Å². The van der Waals surface area contributed by atoms with E-state index in [0.29, 0.717) is 10.8 Å². The molecule has 0 radical (unpaired) electrons. The third-order valence-electron chi connectivity index (χ3n) is 3.57. The standard InChI is InChI=1S/C13H14N2O2S/c16-11-7-2-1-5-9(11)15-12(17)10-6-3-4-8-14(10)13(15)18/h1-2,5,7,10,16H,3-4,6,8H2. The number of phenolic OH excluding ortho intramolecular Hbond substituents is 1. The first kappa shape index (κ1) is 11.5. The number of thiocarbonyl (C=S) groups is 1. The summed E-state index contributed by atoms with van der Waals surface area (Å²) in [5.74, 6) is 0.0780. The third kappa shape index (κ3) is 1.58. The molecule has 18 heavy (non-hydrogen) atoms. The zero-order chi connectivity index (χ0) is 12.7. The molecule has 2 aliphatic heterocycles. The van der Waals surface area contributed by atoms with E-state index in [9.17, 15) is 9.90 Å². The van der Waals surface area contributed by atoms with Gasteiger partial charge >= 0.3 is 0 Å². The lowest BCUT2D eigenvalue weighted by molar-refractivity contribution is -0.120. The summed E-state index contributed by atoms with van der Waals surface area (Å²) in [5, 5.41) is 10.4. The van der Waals surface area contributed by atoms with Crippen molar-refractivity contribution in [2.45, 2.75) is 25.3 Å². The molecule has 2 saturated heterocycles. The van der Waals surface area contributed by atoms with Crippen molar-refractivity contribution in [2.24, 2.45) is 0 Å². The molecule has 2 fully saturated rings. The van der Waals surface area contributed by atoms with Crippen molar-refractivity contribution in [3.8, 4) is 5.75 Å². The summed E-state index contributed by atoms with van der Waals surface area (Å²) in [6.45, 7) is 0.833. The van der Waals surface area contributed by atoms with E-state index in [1.165, 1.54) is 4.90 Å². The first-order valence-electron chi connectivity index (χ1n) is 6.12. The lowest BCUT2D eigenvalue weighted by atomic mass is 10.0. The number of rotatable bonds is 1. The summed E-state index contributed by atoms with van der Waals surface area (Å²) in [6, 6.07) is 6.68. The van der Waals surface area contributed by atoms with Crippen molar-refractivity contribution in [1.82, 2.24) is 4.90 Å². The zero-order valence-electron chi connectivity index (χ0n) is 9.87. The number of piperidine rings is 1. The normalized spacial score (nSPS) is 23.4. The summed E-state index contributed by atoms with van der Waals surface area (Å²) >= 11 is 5.38. The Morgan fingerprint density at radius 1 is 1.28 bits per heavy atom. The molecule has 2 aliphatic rings. The molecule has 3 rings (SSSR count). The number of anilines is 1. The number of benzene rings is 1. The van der Waals surface area contributed by atoms with Crippen molar-refractivity contribution in [2.75, 3.05) is 11.4 Å². The number of carbonyl (C=O) groups is 1. The minimum atomic E-state index is -0.133. The molecule has 0 spiro atoms. The van der Waals surface area contributed by atoms with Gasteiger partial charge in [0.05, 0.1) is 5.69 Å². The fourth-order valence-corrected chi connectivity index (χ4v) is 3.07. The van der Waals surface area contributed by atoms with E-state index in [1.54, 1.807) is 24.3 Å². The van der Waals surface area contributed by atoms with Gasteiger partial charge in [-0.2, -0.15) is 0 Å². The molecule has 5 heteroatoms. The number of phenols is 1. The molecule has 1 N–H and O–H groups in total. The highest BCUT2D eigenvalue weighted by atomic mass is 32.1.